The highest BCUT2D eigenvalue weighted by atomic mass is 32.1. The average Bonchev–Trinajstić information content (AvgIpc) is 2.30. The number of aryl methyl sites for hydroxylation is 2. The molecule has 1 rings (SSSR count). The smallest absolute Gasteiger partial charge is 0.143 e. The Morgan fingerprint density at radius 1 is 1.80 bits per heavy atom. The molecule has 0 fully saturated rings. The summed E-state index contributed by atoms with van der Waals surface area (Å²) in [5, 5.41) is 1.61. The first-order valence-electron chi connectivity index (χ1n) is 3.27. The van der Waals surface area contributed by atoms with Crippen LogP contribution in [0.2, 0.25) is 0 Å². The molecule has 1 aromatic heterocycles. The van der Waals surface area contributed by atoms with Gasteiger partial charge < -0.3 is 4.57 Å². The number of aromatic nitrogens is 2. The third kappa shape index (κ3) is 1.24. The Kier molecular flexibility index (Phi) is 2.17. The Bertz CT molecular complexity index is 240. The van der Waals surface area contributed by atoms with Crippen molar-refractivity contribution in [1.82, 2.24) is 9.55 Å². The van der Waals surface area contributed by atoms with E-state index in [-0.39, 0.29) is 0 Å². The van der Waals surface area contributed by atoms with Crippen LogP contribution in [0.25, 0.3) is 0 Å². The van der Waals surface area contributed by atoms with Crippen LogP contribution < -0.4 is 0 Å². The quantitative estimate of drug-likeness (QED) is 0.602. The molecule has 1 heterocycles. The molecule has 0 atom stereocenters. The lowest BCUT2D eigenvalue weighted by atomic mass is 10.6. The van der Waals surface area contributed by atoms with Crippen molar-refractivity contribution in [3.05, 3.63) is 17.7 Å². The van der Waals surface area contributed by atoms with Crippen molar-refractivity contribution in [3.63, 3.8) is 0 Å². The van der Waals surface area contributed by atoms with Gasteiger partial charge in [0.2, 0.25) is 0 Å². The van der Waals surface area contributed by atoms with E-state index in [0.29, 0.717) is 0 Å². The normalized spacial score (nSPS) is 9.80. The van der Waals surface area contributed by atoms with E-state index in [1.54, 1.807) is 5.37 Å². The summed E-state index contributed by atoms with van der Waals surface area (Å²) >= 11 is 4.78. The molecule has 0 saturated carbocycles. The van der Waals surface area contributed by atoms with Crippen LogP contribution in [0.4, 0.5) is 0 Å². The fraction of sp³-hybridized carbons (Fsp3) is 0.429. The second-order valence-electron chi connectivity index (χ2n) is 2.14. The van der Waals surface area contributed by atoms with Crippen LogP contribution in [0.15, 0.2) is 6.20 Å². The number of nitrogens with zero attached hydrogens (tertiary/aromatic N) is 2. The molecule has 0 aromatic carbocycles. The minimum atomic E-state index is 0.884. The summed E-state index contributed by atoms with van der Waals surface area (Å²) in [6, 6.07) is 0. The van der Waals surface area contributed by atoms with Crippen LogP contribution in [0.1, 0.15) is 18.4 Å². The average molecular weight is 154 g/mol. The van der Waals surface area contributed by atoms with Gasteiger partial charge in [0.05, 0.1) is 5.69 Å². The van der Waals surface area contributed by atoms with Crippen LogP contribution >= 0.6 is 12.2 Å². The second kappa shape index (κ2) is 2.92. The molecule has 0 aliphatic carbocycles. The van der Waals surface area contributed by atoms with E-state index in [4.69, 9.17) is 12.2 Å². The molecule has 0 aliphatic rings. The van der Waals surface area contributed by atoms with E-state index in [1.807, 2.05) is 17.7 Å². The van der Waals surface area contributed by atoms with E-state index >= 15 is 0 Å². The highest BCUT2D eigenvalue weighted by Crippen LogP contribution is 1.99. The molecule has 3 heteroatoms. The monoisotopic (exact) mass is 154 g/mol. The van der Waals surface area contributed by atoms with Gasteiger partial charge in [-0.1, -0.05) is 12.2 Å². The van der Waals surface area contributed by atoms with Gasteiger partial charge in [-0.15, -0.1) is 0 Å². The number of hydrogen-bond donors (Lipinski definition) is 0. The molecular formula is C7H10N2S. The van der Waals surface area contributed by atoms with Gasteiger partial charge >= 0.3 is 0 Å². The van der Waals surface area contributed by atoms with E-state index in [1.165, 1.54) is 0 Å². The minimum Gasteiger partial charge on any atom is -0.331 e. The van der Waals surface area contributed by atoms with Gasteiger partial charge in [0.1, 0.15) is 5.82 Å². The standard InChI is InChI=1S/C7H10N2S/c1-3-9-4-6(2)8-7(9)5-10/h4-5H,3H2,1-2H3. The first-order chi connectivity index (χ1) is 4.77. The molecule has 0 bridgehead atoms. The van der Waals surface area contributed by atoms with Gasteiger partial charge in [-0.05, 0) is 13.8 Å². The van der Waals surface area contributed by atoms with Gasteiger partial charge in [0, 0.05) is 18.1 Å². The summed E-state index contributed by atoms with van der Waals surface area (Å²) < 4.78 is 2.03. The molecule has 0 radical (unpaired) electrons. The predicted octanol–water partition coefficient (Wildman–Crippen LogP) is 1.56. The zero-order valence-electron chi connectivity index (χ0n) is 6.16. The lowest BCUT2D eigenvalue weighted by Gasteiger charge is -1.95. The van der Waals surface area contributed by atoms with Crippen molar-refractivity contribution < 1.29 is 0 Å². The number of thiocarbonyl (C=S) groups is 1. The van der Waals surface area contributed by atoms with Crippen molar-refractivity contribution in [2.24, 2.45) is 0 Å². The van der Waals surface area contributed by atoms with Crippen LogP contribution in [-0.4, -0.2) is 14.9 Å². The molecule has 10 heavy (non-hydrogen) atoms. The molecule has 0 N–H and O–H groups in total. The van der Waals surface area contributed by atoms with Crippen LogP contribution in [0, 0.1) is 6.92 Å². The van der Waals surface area contributed by atoms with Crippen LogP contribution in [0.5, 0.6) is 0 Å². The number of rotatable bonds is 2. The molecule has 2 nitrogen and oxygen atoms in total. The summed E-state index contributed by atoms with van der Waals surface area (Å²) in [7, 11) is 0. The first kappa shape index (κ1) is 7.41. The minimum absolute atomic E-state index is 0.884. The fourth-order valence-electron chi connectivity index (χ4n) is 0.913. The van der Waals surface area contributed by atoms with Crippen molar-refractivity contribution in [3.8, 4) is 0 Å². The van der Waals surface area contributed by atoms with Crippen molar-refractivity contribution in [1.29, 1.82) is 0 Å². The van der Waals surface area contributed by atoms with Crippen molar-refractivity contribution >= 4 is 17.6 Å². The topological polar surface area (TPSA) is 17.8 Å². The molecule has 0 aliphatic heterocycles. The summed E-state index contributed by atoms with van der Waals surface area (Å²) in [4.78, 5) is 4.20. The lowest BCUT2D eigenvalue weighted by Crippen LogP contribution is -1.97. The highest BCUT2D eigenvalue weighted by Gasteiger charge is 1.98. The highest BCUT2D eigenvalue weighted by molar-refractivity contribution is 7.79. The molecule has 0 spiro atoms. The van der Waals surface area contributed by atoms with E-state index in [9.17, 15) is 0 Å². The van der Waals surface area contributed by atoms with E-state index in [0.717, 1.165) is 18.1 Å². The zero-order valence-corrected chi connectivity index (χ0v) is 6.98. The van der Waals surface area contributed by atoms with Gasteiger partial charge in [-0.25, -0.2) is 4.98 Å². The summed E-state index contributed by atoms with van der Waals surface area (Å²) in [5.74, 6) is 0.884. The molecule has 54 valence electrons. The Labute approximate surface area is 65.9 Å². The summed E-state index contributed by atoms with van der Waals surface area (Å²) in [6.45, 7) is 4.97. The van der Waals surface area contributed by atoms with Gasteiger partial charge in [0.25, 0.3) is 0 Å². The maximum absolute atomic E-state index is 4.78. The van der Waals surface area contributed by atoms with Crippen molar-refractivity contribution in [2.75, 3.05) is 0 Å². The third-order valence-electron chi connectivity index (χ3n) is 1.37. The predicted molar refractivity (Wildman–Crippen MR) is 45.4 cm³/mol. The Morgan fingerprint density at radius 2 is 2.50 bits per heavy atom. The van der Waals surface area contributed by atoms with Crippen LogP contribution in [-0.2, 0) is 6.54 Å². The Hall–Kier alpha value is -0.700. The fourth-order valence-corrected chi connectivity index (χ4v) is 1.10. The van der Waals surface area contributed by atoms with Crippen LogP contribution in [0.3, 0.4) is 0 Å². The molecule has 0 saturated heterocycles. The summed E-state index contributed by atoms with van der Waals surface area (Å²) in [6.07, 6.45) is 2.00. The molecule has 1 aromatic rings. The Balaban J connectivity index is 3.08. The second-order valence-corrected chi connectivity index (χ2v) is 2.38. The Morgan fingerprint density at radius 3 is 2.90 bits per heavy atom. The summed E-state index contributed by atoms with van der Waals surface area (Å²) in [5.41, 5.74) is 1.03. The SMILES string of the molecule is CCn1cc(C)nc1C=S. The van der Waals surface area contributed by atoms with E-state index < -0.39 is 0 Å². The molecule has 0 amide bonds. The van der Waals surface area contributed by atoms with Crippen molar-refractivity contribution in [2.45, 2.75) is 20.4 Å². The zero-order chi connectivity index (χ0) is 7.56. The maximum atomic E-state index is 4.78. The van der Waals surface area contributed by atoms with Gasteiger partial charge in [0.15, 0.2) is 0 Å². The van der Waals surface area contributed by atoms with E-state index in [2.05, 4.69) is 11.9 Å². The number of imidazole rings is 1. The third-order valence-corrected chi connectivity index (χ3v) is 1.58. The first-order valence-corrected chi connectivity index (χ1v) is 3.74. The molecule has 0 unspecified atom stereocenters. The maximum Gasteiger partial charge on any atom is 0.143 e. The molecular weight excluding hydrogens is 144 g/mol. The van der Waals surface area contributed by atoms with Gasteiger partial charge in [-0.3, -0.25) is 0 Å². The van der Waals surface area contributed by atoms with Gasteiger partial charge in [-0.2, -0.15) is 0 Å². The lowest BCUT2D eigenvalue weighted by molar-refractivity contribution is 0.756. The number of hydrogen-bond acceptors (Lipinski definition) is 2. The largest absolute Gasteiger partial charge is 0.331 e.